The first-order valence-electron chi connectivity index (χ1n) is 11.1. The predicted molar refractivity (Wildman–Crippen MR) is 140 cm³/mol. The van der Waals surface area contributed by atoms with Crippen LogP contribution >= 0.6 is 11.8 Å². The van der Waals surface area contributed by atoms with E-state index in [4.69, 9.17) is 9.47 Å². The molecule has 1 unspecified atom stereocenters. The van der Waals surface area contributed by atoms with Crippen molar-refractivity contribution in [2.75, 3.05) is 24.9 Å². The van der Waals surface area contributed by atoms with E-state index in [1.165, 1.54) is 38.1 Å². The fourth-order valence-corrected chi connectivity index (χ4v) is 4.49. The quantitative estimate of drug-likeness (QED) is 0.205. The maximum Gasteiger partial charge on any atom is 0.271 e. The van der Waals surface area contributed by atoms with Crippen molar-refractivity contribution in [2.45, 2.75) is 30.4 Å². The average Bonchev–Trinajstić information content (AvgIpc) is 2.87. The molecule has 0 bridgehead atoms. The highest BCUT2D eigenvalue weighted by molar-refractivity contribution is 8.00. The molecule has 3 rings (SSSR count). The molecule has 188 valence electrons. The molecular weight excluding hydrogens is 482 g/mol. The number of aryl methyl sites for hydroxylation is 1. The molecule has 2 N–H and O–H groups in total. The second-order valence-electron chi connectivity index (χ2n) is 7.78. The minimum absolute atomic E-state index is 0.0910. The van der Waals surface area contributed by atoms with Gasteiger partial charge in [-0.25, -0.2) is 0 Å². The molecule has 0 aliphatic rings. The van der Waals surface area contributed by atoms with Gasteiger partial charge < -0.3 is 20.1 Å². The minimum atomic E-state index is -0.498. The van der Waals surface area contributed by atoms with E-state index < -0.39 is 16.1 Å². The van der Waals surface area contributed by atoms with Crippen LogP contribution in [0.25, 0.3) is 0 Å². The highest BCUT2D eigenvalue weighted by atomic mass is 32.2. The molecule has 2 amide bonds. The number of nitrogens with zero attached hydrogens (tertiary/aromatic N) is 1. The standard InChI is InChI=1S/C26H27N3O6S/c1-5-23(25(30)28-20-15-18(29(32)33)13-12-16(20)2)36-19-9-6-8-17(14-19)27-26(31)24-21(34-3)10-7-11-22(24)35-4/h6-15,23H,5H2,1-4H3,(H,27,31)(H,28,30). The normalized spacial score (nSPS) is 11.3. The summed E-state index contributed by atoms with van der Waals surface area (Å²) < 4.78 is 10.6. The van der Waals surface area contributed by atoms with Gasteiger partial charge in [0, 0.05) is 22.7 Å². The zero-order valence-electron chi connectivity index (χ0n) is 20.4. The van der Waals surface area contributed by atoms with Crippen LogP contribution in [0.3, 0.4) is 0 Å². The predicted octanol–water partition coefficient (Wildman–Crippen LogP) is 5.68. The number of amides is 2. The number of non-ortho nitro benzene ring substituents is 1. The number of rotatable bonds is 10. The number of methoxy groups -OCH3 is 2. The topological polar surface area (TPSA) is 120 Å². The number of anilines is 2. The fourth-order valence-electron chi connectivity index (χ4n) is 3.47. The Labute approximate surface area is 213 Å². The summed E-state index contributed by atoms with van der Waals surface area (Å²) >= 11 is 1.34. The Morgan fingerprint density at radius 1 is 1.00 bits per heavy atom. The summed E-state index contributed by atoms with van der Waals surface area (Å²) in [5.41, 5.74) is 1.86. The molecule has 0 heterocycles. The molecule has 0 radical (unpaired) electrons. The van der Waals surface area contributed by atoms with Crippen LogP contribution < -0.4 is 20.1 Å². The number of benzene rings is 3. The van der Waals surface area contributed by atoms with Crippen LogP contribution in [0.4, 0.5) is 17.1 Å². The lowest BCUT2D eigenvalue weighted by atomic mass is 10.1. The third-order valence-corrected chi connectivity index (χ3v) is 6.74. The van der Waals surface area contributed by atoms with Crippen molar-refractivity contribution in [3.63, 3.8) is 0 Å². The summed E-state index contributed by atoms with van der Waals surface area (Å²) in [6.07, 6.45) is 0.527. The van der Waals surface area contributed by atoms with Crippen LogP contribution in [0.15, 0.2) is 65.6 Å². The highest BCUT2D eigenvalue weighted by Gasteiger charge is 2.21. The highest BCUT2D eigenvalue weighted by Crippen LogP contribution is 2.32. The third kappa shape index (κ3) is 6.33. The van der Waals surface area contributed by atoms with Gasteiger partial charge in [-0.3, -0.25) is 19.7 Å². The molecule has 3 aromatic rings. The smallest absolute Gasteiger partial charge is 0.271 e. The maximum absolute atomic E-state index is 13.0. The van der Waals surface area contributed by atoms with Crippen LogP contribution in [0.1, 0.15) is 29.3 Å². The molecule has 0 aliphatic carbocycles. The van der Waals surface area contributed by atoms with Crippen LogP contribution in [-0.2, 0) is 4.79 Å². The Balaban J connectivity index is 1.75. The second kappa shape index (κ2) is 12.1. The van der Waals surface area contributed by atoms with Crippen molar-refractivity contribution in [2.24, 2.45) is 0 Å². The molecule has 0 fully saturated rings. The van der Waals surface area contributed by atoms with Gasteiger partial charge in [0.15, 0.2) is 0 Å². The van der Waals surface area contributed by atoms with Gasteiger partial charge in [-0.2, -0.15) is 0 Å². The molecule has 36 heavy (non-hydrogen) atoms. The number of nitro benzene ring substituents is 1. The van der Waals surface area contributed by atoms with Gasteiger partial charge >= 0.3 is 0 Å². The van der Waals surface area contributed by atoms with Crippen LogP contribution in [0.5, 0.6) is 11.5 Å². The summed E-state index contributed by atoms with van der Waals surface area (Å²) in [6, 6.07) is 16.6. The van der Waals surface area contributed by atoms with E-state index in [0.717, 1.165) is 10.5 Å². The monoisotopic (exact) mass is 509 g/mol. The number of carbonyl (C=O) groups excluding carboxylic acids is 2. The van der Waals surface area contributed by atoms with Gasteiger partial charge in [-0.15, -0.1) is 11.8 Å². The number of hydrogen-bond acceptors (Lipinski definition) is 7. The van der Waals surface area contributed by atoms with E-state index in [9.17, 15) is 19.7 Å². The Bertz CT molecular complexity index is 1260. The number of carbonyl (C=O) groups is 2. The Hall–Kier alpha value is -4.05. The summed E-state index contributed by atoms with van der Waals surface area (Å²) in [7, 11) is 2.96. The summed E-state index contributed by atoms with van der Waals surface area (Å²) in [6.45, 7) is 3.66. The molecule has 0 aromatic heterocycles. The van der Waals surface area contributed by atoms with Gasteiger partial charge in [0.1, 0.15) is 17.1 Å². The van der Waals surface area contributed by atoms with E-state index in [0.29, 0.717) is 29.3 Å². The molecule has 0 spiro atoms. The van der Waals surface area contributed by atoms with Crippen LogP contribution in [0, 0.1) is 17.0 Å². The number of hydrogen-bond donors (Lipinski definition) is 2. The molecular formula is C26H27N3O6S. The average molecular weight is 510 g/mol. The second-order valence-corrected chi connectivity index (χ2v) is 9.06. The van der Waals surface area contributed by atoms with Gasteiger partial charge in [0.25, 0.3) is 11.6 Å². The molecule has 10 heteroatoms. The number of ether oxygens (including phenoxy) is 2. The lowest BCUT2D eigenvalue weighted by molar-refractivity contribution is -0.384. The molecule has 0 aliphatic heterocycles. The van der Waals surface area contributed by atoms with Crippen molar-refractivity contribution in [1.29, 1.82) is 0 Å². The van der Waals surface area contributed by atoms with Gasteiger partial charge in [0.05, 0.1) is 30.1 Å². The lowest BCUT2D eigenvalue weighted by Crippen LogP contribution is -2.25. The zero-order valence-corrected chi connectivity index (χ0v) is 21.2. The Morgan fingerprint density at radius 3 is 2.28 bits per heavy atom. The third-order valence-electron chi connectivity index (χ3n) is 5.38. The molecule has 0 saturated carbocycles. The largest absolute Gasteiger partial charge is 0.496 e. The summed E-state index contributed by atoms with van der Waals surface area (Å²) in [5, 5.41) is 16.3. The van der Waals surface area contributed by atoms with Crippen LogP contribution in [0.2, 0.25) is 0 Å². The first-order chi connectivity index (χ1) is 17.3. The maximum atomic E-state index is 13.0. The van der Waals surface area contributed by atoms with E-state index >= 15 is 0 Å². The van der Waals surface area contributed by atoms with Gasteiger partial charge in [-0.05, 0) is 49.2 Å². The van der Waals surface area contributed by atoms with E-state index in [1.807, 2.05) is 13.0 Å². The summed E-state index contributed by atoms with van der Waals surface area (Å²) in [5.74, 6) is 0.116. The number of nitro groups is 1. The number of nitrogens with one attached hydrogen (secondary N) is 2. The Kier molecular flexibility index (Phi) is 8.91. The molecule has 0 saturated heterocycles. The summed E-state index contributed by atoms with van der Waals surface area (Å²) in [4.78, 5) is 37.3. The van der Waals surface area contributed by atoms with E-state index in [2.05, 4.69) is 10.6 Å². The van der Waals surface area contributed by atoms with Crippen molar-refractivity contribution < 1.29 is 24.0 Å². The van der Waals surface area contributed by atoms with Crippen molar-refractivity contribution in [3.8, 4) is 11.5 Å². The van der Waals surface area contributed by atoms with Crippen LogP contribution in [-0.4, -0.2) is 36.2 Å². The van der Waals surface area contributed by atoms with Crippen molar-refractivity contribution >= 4 is 40.6 Å². The van der Waals surface area contributed by atoms with Gasteiger partial charge in [0.2, 0.25) is 5.91 Å². The van der Waals surface area contributed by atoms with E-state index in [-0.39, 0.29) is 17.2 Å². The van der Waals surface area contributed by atoms with E-state index in [1.54, 1.807) is 49.4 Å². The fraction of sp³-hybridized carbons (Fsp3) is 0.231. The minimum Gasteiger partial charge on any atom is -0.496 e. The number of thioether (sulfide) groups is 1. The Morgan fingerprint density at radius 2 is 1.67 bits per heavy atom. The molecule has 1 atom stereocenters. The molecule has 3 aromatic carbocycles. The first kappa shape index (κ1) is 26.6. The SMILES string of the molecule is CCC(Sc1cccc(NC(=O)c2c(OC)cccc2OC)c1)C(=O)Nc1cc([N+](=O)[O-])ccc1C. The van der Waals surface area contributed by atoms with Gasteiger partial charge in [-0.1, -0.05) is 25.1 Å². The molecule has 9 nitrogen and oxygen atoms in total. The zero-order chi connectivity index (χ0) is 26.2. The van der Waals surface area contributed by atoms with Crippen molar-refractivity contribution in [1.82, 2.24) is 0 Å². The first-order valence-corrected chi connectivity index (χ1v) is 12.0. The lowest BCUT2D eigenvalue weighted by Gasteiger charge is -2.17. The van der Waals surface area contributed by atoms with Crippen molar-refractivity contribution in [3.05, 3.63) is 81.9 Å².